The lowest BCUT2D eigenvalue weighted by Crippen LogP contribution is -2.24. The Bertz CT molecular complexity index is 745. The summed E-state index contributed by atoms with van der Waals surface area (Å²) in [6, 6.07) is 10.2. The van der Waals surface area contributed by atoms with Gasteiger partial charge in [-0.3, -0.25) is 4.79 Å². The minimum Gasteiger partial charge on any atom is -0.352 e. The fraction of sp³-hybridized carbons (Fsp3) is 0.176. The number of aromatic nitrogens is 1. The standard InChI is InChI=1S/C17H16N2OS2/c1-12-2-4-13(5-3-12)9-18-16(20)8-15-11-22-17(19-15)14-6-7-21-10-14/h2-7,10-11H,8-9H2,1H3,(H,18,20). The summed E-state index contributed by atoms with van der Waals surface area (Å²) in [5.74, 6) is 0.00254. The van der Waals surface area contributed by atoms with Crippen molar-refractivity contribution in [3.05, 3.63) is 63.3 Å². The van der Waals surface area contributed by atoms with E-state index in [1.165, 1.54) is 5.56 Å². The summed E-state index contributed by atoms with van der Waals surface area (Å²) >= 11 is 3.23. The smallest absolute Gasteiger partial charge is 0.226 e. The molecule has 0 unspecified atom stereocenters. The third-order valence-electron chi connectivity index (χ3n) is 3.27. The Kier molecular flexibility index (Phi) is 4.65. The van der Waals surface area contributed by atoms with Crippen LogP contribution in [0, 0.1) is 6.92 Å². The molecule has 2 aromatic heterocycles. The van der Waals surface area contributed by atoms with Crippen molar-refractivity contribution < 1.29 is 4.79 Å². The SMILES string of the molecule is Cc1ccc(CNC(=O)Cc2csc(-c3ccsc3)n2)cc1. The van der Waals surface area contributed by atoms with Crippen molar-refractivity contribution in [2.45, 2.75) is 19.9 Å². The van der Waals surface area contributed by atoms with Gasteiger partial charge in [0.25, 0.3) is 0 Å². The Morgan fingerprint density at radius 2 is 2.00 bits per heavy atom. The molecule has 112 valence electrons. The number of nitrogens with zero attached hydrogens (tertiary/aromatic N) is 1. The number of hydrogen-bond donors (Lipinski definition) is 1. The molecule has 0 fully saturated rings. The Hall–Kier alpha value is -1.98. The highest BCUT2D eigenvalue weighted by Crippen LogP contribution is 2.25. The first kappa shape index (κ1) is 14.9. The number of thiazole rings is 1. The van der Waals surface area contributed by atoms with E-state index in [0.29, 0.717) is 13.0 Å². The summed E-state index contributed by atoms with van der Waals surface area (Å²) in [6.45, 7) is 2.61. The van der Waals surface area contributed by atoms with Crippen molar-refractivity contribution in [3.63, 3.8) is 0 Å². The molecule has 5 heteroatoms. The maximum absolute atomic E-state index is 12.0. The molecule has 0 atom stereocenters. The Balaban J connectivity index is 1.54. The van der Waals surface area contributed by atoms with Gasteiger partial charge in [-0.25, -0.2) is 4.98 Å². The summed E-state index contributed by atoms with van der Waals surface area (Å²) in [4.78, 5) is 16.5. The van der Waals surface area contributed by atoms with Gasteiger partial charge in [0, 0.05) is 22.9 Å². The van der Waals surface area contributed by atoms with Crippen LogP contribution < -0.4 is 5.32 Å². The lowest BCUT2D eigenvalue weighted by molar-refractivity contribution is -0.120. The molecule has 1 aromatic carbocycles. The number of hydrogen-bond acceptors (Lipinski definition) is 4. The Morgan fingerprint density at radius 3 is 2.73 bits per heavy atom. The van der Waals surface area contributed by atoms with Crippen LogP contribution in [-0.2, 0) is 17.8 Å². The summed E-state index contributed by atoms with van der Waals surface area (Å²) in [5.41, 5.74) is 4.28. The summed E-state index contributed by atoms with van der Waals surface area (Å²) < 4.78 is 0. The van der Waals surface area contributed by atoms with Crippen molar-refractivity contribution in [2.24, 2.45) is 0 Å². The van der Waals surface area contributed by atoms with Gasteiger partial charge < -0.3 is 5.32 Å². The molecule has 0 aliphatic carbocycles. The van der Waals surface area contributed by atoms with E-state index in [1.54, 1.807) is 22.7 Å². The minimum absolute atomic E-state index is 0.00254. The highest BCUT2D eigenvalue weighted by Gasteiger charge is 2.09. The number of amides is 1. The fourth-order valence-electron chi connectivity index (χ4n) is 2.04. The fourth-order valence-corrected chi connectivity index (χ4v) is 3.57. The van der Waals surface area contributed by atoms with Crippen LogP contribution in [0.2, 0.25) is 0 Å². The van der Waals surface area contributed by atoms with Crippen LogP contribution in [0.4, 0.5) is 0 Å². The molecule has 0 saturated heterocycles. The van der Waals surface area contributed by atoms with E-state index in [-0.39, 0.29) is 5.91 Å². The number of carbonyl (C=O) groups excluding carboxylic acids is 1. The lowest BCUT2D eigenvalue weighted by Gasteiger charge is -2.04. The number of thiophene rings is 1. The first-order valence-corrected chi connectivity index (χ1v) is 8.82. The number of rotatable bonds is 5. The largest absolute Gasteiger partial charge is 0.352 e. The molecule has 0 bridgehead atoms. The highest BCUT2D eigenvalue weighted by molar-refractivity contribution is 7.14. The quantitative estimate of drug-likeness (QED) is 0.768. The number of carbonyl (C=O) groups is 1. The highest BCUT2D eigenvalue weighted by atomic mass is 32.1. The molecule has 3 nitrogen and oxygen atoms in total. The molecule has 0 radical (unpaired) electrons. The summed E-state index contributed by atoms with van der Waals surface area (Å²) in [7, 11) is 0. The molecular weight excluding hydrogens is 312 g/mol. The second-order valence-corrected chi connectivity index (χ2v) is 6.73. The normalized spacial score (nSPS) is 10.6. The van der Waals surface area contributed by atoms with Gasteiger partial charge in [0.2, 0.25) is 5.91 Å². The molecule has 2 heterocycles. The number of nitrogens with one attached hydrogen (secondary N) is 1. The third-order valence-corrected chi connectivity index (χ3v) is 4.90. The zero-order valence-electron chi connectivity index (χ0n) is 12.2. The van der Waals surface area contributed by atoms with Crippen LogP contribution in [0.25, 0.3) is 10.6 Å². The number of aryl methyl sites for hydroxylation is 1. The van der Waals surface area contributed by atoms with Crippen LogP contribution in [-0.4, -0.2) is 10.9 Å². The first-order valence-electron chi connectivity index (χ1n) is 7.00. The van der Waals surface area contributed by atoms with Gasteiger partial charge in [-0.05, 0) is 23.9 Å². The molecule has 3 rings (SSSR count). The van der Waals surface area contributed by atoms with Gasteiger partial charge in [0.05, 0.1) is 12.1 Å². The van der Waals surface area contributed by atoms with Gasteiger partial charge >= 0.3 is 0 Å². The average molecular weight is 328 g/mol. The predicted molar refractivity (Wildman–Crippen MR) is 92.2 cm³/mol. The van der Waals surface area contributed by atoms with Crippen LogP contribution in [0.1, 0.15) is 16.8 Å². The van der Waals surface area contributed by atoms with Gasteiger partial charge in [-0.1, -0.05) is 29.8 Å². The van der Waals surface area contributed by atoms with E-state index >= 15 is 0 Å². The van der Waals surface area contributed by atoms with E-state index in [1.807, 2.05) is 29.0 Å². The molecule has 0 aliphatic heterocycles. The molecule has 22 heavy (non-hydrogen) atoms. The second kappa shape index (κ2) is 6.85. The van der Waals surface area contributed by atoms with Crippen molar-refractivity contribution in [1.29, 1.82) is 0 Å². The van der Waals surface area contributed by atoms with Crippen molar-refractivity contribution in [3.8, 4) is 10.6 Å². The van der Waals surface area contributed by atoms with E-state index < -0.39 is 0 Å². The van der Waals surface area contributed by atoms with Crippen LogP contribution in [0.5, 0.6) is 0 Å². The van der Waals surface area contributed by atoms with Crippen LogP contribution in [0.15, 0.2) is 46.5 Å². The van der Waals surface area contributed by atoms with Gasteiger partial charge in [0.1, 0.15) is 5.01 Å². The van der Waals surface area contributed by atoms with E-state index in [9.17, 15) is 4.79 Å². The molecule has 1 N–H and O–H groups in total. The van der Waals surface area contributed by atoms with Gasteiger partial charge in [-0.15, -0.1) is 11.3 Å². The maximum Gasteiger partial charge on any atom is 0.226 e. The minimum atomic E-state index is 0.00254. The van der Waals surface area contributed by atoms with Crippen LogP contribution in [0.3, 0.4) is 0 Å². The second-order valence-electron chi connectivity index (χ2n) is 5.10. The first-order chi connectivity index (χ1) is 10.7. The van der Waals surface area contributed by atoms with Crippen molar-refractivity contribution in [1.82, 2.24) is 10.3 Å². The van der Waals surface area contributed by atoms with Gasteiger partial charge in [0.15, 0.2) is 0 Å². The Morgan fingerprint density at radius 1 is 1.18 bits per heavy atom. The molecular formula is C17H16N2OS2. The summed E-state index contributed by atoms with van der Waals surface area (Å²) in [6.07, 6.45) is 0.326. The zero-order valence-corrected chi connectivity index (χ0v) is 13.8. The lowest BCUT2D eigenvalue weighted by atomic mass is 10.1. The maximum atomic E-state index is 12.0. The molecule has 0 aliphatic rings. The van der Waals surface area contributed by atoms with E-state index in [0.717, 1.165) is 21.8 Å². The van der Waals surface area contributed by atoms with E-state index in [2.05, 4.69) is 34.7 Å². The van der Waals surface area contributed by atoms with E-state index in [4.69, 9.17) is 0 Å². The average Bonchev–Trinajstić information content (AvgIpc) is 3.17. The third kappa shape index (κ3) is 3.81. The molecule has 0 spiro atoms. The zero-order chi connectivity index (χ0) is 15.4. The Labute approximate surface area is 137 Å². The van der Waals surface area contributed by atoms with Crippen molar-refractivity contribution in [2.75, 3.05) is 0 Å². The van der Waals surface area contributed by atoms with Crippen molar-refractivity contribution >= 4 is 28.6 Å². The molecule has 1 amide bonds. The molecule has 0 saturated carbocycles. The van der Waals surface area contributed by atoms with Gasteiger partial charge in [-0.2, -0.15) is 11.3 Å². The molecule has 3 aromatic rings. The number of benzene rings is 1. The summed E-state index contributed by atoms with van der Waals surface area (Å²) in [5, 5.41) is 9.97. The topological polar surface area (TPSA) is 42.0 Å². The monoisotopic (exact) mass is 328 g/mol. The van der Waals surface area contributed by atoms with Crippen LogP contribution >= 0.6 is 22.7 Å². The predicted octanol–water partition coefficient (Wildman–Crippen LogP) is 4.04.